The number of benzene rings is 1. The van der Waals surface area contributed by atoms with Gasteiger partial charge in [0.2, 0.25) is 5.91 Å². The van der Waals surface area contributed by atoms with Crippen molar-refractivity contribution in [3.63, 3.8) is 0 Å². The summed E-state index contributed by atoms with van der Waals surface area (Å²) in [6.07, 6.45) is 0. The predicted octanol–water partition coefficient (Wildman–Crippen LogP) is 2.07. The van der Waals surface area contributed by atoms with E-state index in [4.69, 9.17) is 5.73 Å². The Morgan fingerprint density at radius 1 is 1.25 bits per heavy atom. The summed E-state index contributed by atoms with van der Waals surface area (Å²) in [6, 6.07) is 9.65. The third kappa shape index (κ3) is 6.98. The van der Waals surface area contributed by atoms with E-state index in [-0.39, 0.29) is 36.6 Å². The molecule has 3 N–H and O–H groups in total. The maximum atomic E-state index is 11.6. The first-order valence-corrected chi connectivity index (χ1v) is 6.32. The fraction of sp³-hybridized carbons (Fsp3) is 0.500. The van der Waals surface area contributed by atoms with Crippen LogP contribution in [0.4, 0.5) is 5.69 Å². The minimum Gasteiger partial charge on any atom is -0.373 e. The topological polar surface area (TPSA) is 58.4 Å². The van der Waals surface area contributed by atoms with Gasteiger partial charge in [-0.25, -0.2) is 0 Å². The lowest BCUT2D eigenvalue weighted by Gasteiger charge is -2.21. The van der Waals surface area contributed by atoms with Gasteiger partial charge in [0.1, 0.15) is 0 Å². The van der Waals surface area contributed by atoms with E-state index in [1.54, 1.807) is 0 Å². The molecule has 0 heterocycles. The number of anilines is 1. The maximum absolute atomic E-state index is 11.6. The van der Waals surface area contributed by atoms with Crippen LogP contribution in [0.1, 0.15) is 13.8 Å². The van der Waals surface area contributed by atoms with Crippen molar-refractivity contribution in [2.75, 3.05) is 25.0 Å². The molecule has 0 saturated carbocycles. The molecular formula is C14H25Cl2N3O. The van der Waals surface area contributed by atoms with Crippen LogP contribution < -0.4 is 16.0 Å². The monoisotopic (exact) mass is 321 g/mol. The minimum absolute atomic E-state index is 0. The molecule has 0 fully saturated rings. The smallest absolute Gasteiger partial charge is 0.237 e. The van der Waals surface area contributed by atoms with E-state index in [0.717, 1.165) is 12.2 Å². The van der Waals surface area contributed by atoms with Crippen LogP contribution in [0.25, 0.3) is 0 Å². The number of amides is 1. The molecule has 0 aliphatic carbocycles. The van der Waals surface area contributed by atoms with Gasteiger partial charge >= 0.3 is 0 Å². The van der Waals surface area contributed by atoms with Crippen molar-refractivity contribution in [2.24, 2.45) is 11.7 Å². The number of hydrogen-bond acceptors (Lipinski definition) is 3. The van der Waals surface area contributed by atoms with Gasteiger partial charge < -0.3 is 16.0 Å². The van der Waals surface area contributed by atoms with Crippen molar-refractivity contribution in [1.82, 2.24) is 5.32 Å². The van der Waals surface area contributed by atoms with Gasteiger partial charge in [-0.3, -0.25) is 4.79 Å². The molecule has 0 spiro atoms. The SMILES string of the molecule is CC(C)[C@@H](N)C(=O)NCCN(C)c1ccccc1.Cl.Cl. The van der Waals surface area contributed by atoms with Crippen molar-refractivity contribution >= 4 is 36.4 Å². The summed E-state index contributed by atoms with van der Waals surface area (Å²) in [5.74, 6) is 0.0864. The molecule has 0 unspecified atom stereocenters. The zero-order valence-corrected chi connectivity index (χ0v) is 13.8. The highest BCUT2D eigenvalue weighted by Crippen LogP contribution is 2.09. The Bertz CT molecular complexity index is 374. The van der Waals surface area contributed by atoms with Crippen molar-refractivity contribution in [3.8, 4) is 0 Å². The first-order valence-electron chi connectivity index (χ1n) is 6.32. The third-order valence-electron chi connectivity index (χ3n) is 2.96. The average Bonchev–Trinajstić information content (AvgIpc) is 2.38. The molecule has 0 aliphatic heterocycles. The van der Waals surface area contributed by atoms with Crippen LogP contribution in [0.2, 0.25) is 0 Å². The lowest BCUT2D eigenvalue weighted by atomic mass is 10.1. The Morgan fingerprint density at radius 2 is 1.80 bits per heavy atom. The lowest BCUT2D eigenvalue weighted by Crippen LogP contribution is -2.45. The van der Waals surface area contributed by atoms with Gasteiger partial charge in [-0.2, -0.15) is 0 Å². The zero-order valence-electron chi connectivity index (χ0n) is 12.2. The average molecular weight is 322 g/mol. The van der Waals surface area contributed by atoms with Crippen molar-refractivity contribution < 1.29 is 4.79 Å². The van der Waals surface area contributed by atoms with Gasteiger partial charge in [-0.1, -0.05) is 32.0 Å². The summed E-state index contributed by atoms with van der Waals surface area (Å²) < 4.78 is 0. The standard InChI is InChI=1S/C14H23N3O.2ClH/c1-11(2)13(15)14(18)16-9-10-17(3)12-7-5-4-6-8-12;;/h4-8,11,13H,9-10,15H2,1-3H3,(H,16,18);2*1H/t13-;;/m1../s1. The molecule has 0 saturated heterocycles. The number of nitrogens with zero attached hydrogens (tertiary/aromatic N) is 1. The first-order chi connectivity index (χ1) is 8.52. The fourth-order valence-electron chi connectivity index (χ4n) is 1.58. The second kappa shape index (κ2) is 10.8. The molecule has 116 valence electrons. The number of carbonyl (C=O) groups excluding carboxylic acids is 1. The first kappa shape index (κ1) is 21.3. The molecule has 6 heteroatoms. The van der Waals surface area contributed by atoms with Gasteiger partial charge in [-0.05, 0) is 18.1 Å². The van der Waals surface area contributed by atoms with E-state index >= 15 is 0 Å². The predicted molar refractivity (Wildman–Crippen MR) is 90.0 cm³/mol. The van der Waals surface area contributed by atoms with E-state index in [0.29, 0.717) is 6.54 Å². The molecule has 1 rings (SSSR count). The Hall–Kier alpha value is -0.970. The molecule has 1 amide bonds. The number of para-hydroxylation sites is 1. The normalized spacial score (nSPS) is 11.1. The van der Waals surface area contributed by atoms with Crippen molar-refractivity contribution in [3.05, 3.63) is 30.3 Å². The molecular weight excluding hydrogens is 297 g/mol. The number of carbonyl (C=O) groups is 1. The quantitative estimate of drug-likeness (QED) is 0.843. The van der Waals surface area contributed by atoms with Crippen LogP contribution in [0.3, 0.4) is 0 Å². The van der Waals surface area contributed by atoms with Crippen molar-refractivity contribution in [1.29, 1.82) is 0 Å². The molecule has 0 radical (unpaired) electrons. The Morgan fingerprint density at radius 3 is 2.30 bits per heavy atom. The van der Waals surface area contributed by atoms with E-state index in [1.165, 1.54) is 0 Å². The summed E-state index contributed by atoms with van der Waals surface area (Å²) in [5, 5.41) is 2.86. The lowest BCUT2D eigenvalue weighted by molar-refractivity contribution is -0.123. The fourth-order valence-corrected chi connectivity index (χ4v) is 1.58. The zero-order chi connectivity index (χ0) is 13.5. The highest BCUT2D eigenvalue weighted by molar-refractivity contribution is 5.85. The molecule has 0 aromatic heterocycles. The number of likely N-dealkylation sites (N-methyl/N-ethyl adjacent to an activating group) is 1. The van der Waals surface area contributed by atoms with E-state index < -0.39 is 6.04 Å². The molecule has 1 atom stereocenters. The van der Waals surface area contributed by atoms with Gasteiger partial charge in [0.15, 0.2) is 0 Å². The number of nitrogens with two attached hydrogens (primary N) is 1. The summed E-state index contributed by atoms with van der Waals surface area (Å²) in [6.45, 7) is 5.26. The maximum Gasteiger partial charge on any atom is 0.237 e. The molecule has 0 aliphatic rings. The third-order valence-corrected chi connectivity index (χ3v) is 2.96. The van der Waals surface area contributed by atoms with Gasteiger partial charge in [0.25, 0.3) is 0 Å². The van der Waals surface area contributed by atoms with Crippen LogP contribution >= 0.6 is 24.8 Å². The van der Waals surface area contributed by atoms with Crippen LogP contribution in [0.5, 0.6) is 0 Å². The Labute approximate surface area is 133 Å². The number of nitrogens with one attached hydrogen (secondary N) is 1. The molecule has 1 aromatic rings. The second-order valence-electron chi connectivity index (χ2n) is 4.82. The summed E-state index contributed by atoms with van der Waals surface area (Å²) in [4.78, 5) is 13.7. The largest absolute Gasteiger partial charge is 0.373 e. The van der Waals surface area contributed by atoms with Gasteiger partial charge in [0.05, 0.1) is 6.04 Å². The highest BCUT2D eigenvalue weighted by Gasteiger charge is 2.16. The minimum atomic E-state index is -0.424. The van der Waals surface area contributed by atoms with Crippen LogP contribution in [0, 0.1) is 5.92 Å². The number of rotatable bonds is 6. The van der Waals surface area contributed by atoms with E-state index in [2.05, 4.69) is 10.2 Å². The van der Waals surface area contributed by atoms with E-state index in [9.17, 15) is 4.79 Å². The number of hydrogen-bond donors (Lipinski definition) is 2. The highest BCUT2D eigenvalue weighted by atomic mass is 35.5. The van der Waals surface area contributed by atoms with Gasteiger partial charge in [-0.15, -0.1) is 24.8 Å². The van der Waals surface area contributed by atoms with Crippen LogP contribution in [-0.2, 0) is 4.79 Å². The van der Waals surface area contributed by atoms with Crippen LogP contribution in [-0.4, -0.2) is 32.1 Å². The molecule has 20 heavy (non-hydrogen) atoms. The Kier molecular flexibility index (Phi) is 11.5. The summed E-state index contributed by atoms with van der Waals surface area (Å²) in [7, 11) is 2.00. The van der Waals surface area contributed by atoms with Gasteiger partial charge in [0, 0.05) is 25.8 Å². The summed E-state index contributed by atoms with van der Waals surface area (Å²) in [5.41, 5.74) is 6.90. The molecule has 1 aromatic carbocycles. The van der Waals surface area contributed by atoms with Crippen LogP contribution in [0.15, 0.2) is 30.3 Å². The van der Waals surface area contributed by atoms with Crippen molar-refractivity contribution in [2.45, 2.75) is 19.9 Å². The second-order valence-corrected chi connectivity index (χ2v) is 4.82. The van der Waals surface area contributed by atoms with E-state index in [1.807, 2.05) is 51.2 Å². The Balaban J connectivity index is 0. The molecule has 0 bridgehead atoms. The molecule has 4 nitrogen and oxygen atoms in total. The number of halogens is 2. The summed E-state index contributed by atoms with van der Waals surface area (Å²) >= 11 is 0.